The lowest BCUT2D eigenvalue weighted by Crippen LogP contribution is -2.60. The van der Waals surface area contributed by atoms with E-state index in [0.717, 1.165) is 6.42 Å². The fraction of sp³-hybridized carbons (Fsp3) is 0.500. The van der Waals surface area contributed by atoms with Crippen molar-refractivity contribution in [1.29, 1.82) is 0 Å². The van der Waals surface area contributed by atoms with Gasteiger partial charge >= 0.3 is 5.97 Å². The van der Waals surface area contributed by atoms with Gasteiger partial charge in [0, 0.05) is 19.5 Å². The van der Waals surface area contributed by atoms with Crippen molar-refractivity contribution in [3.05, 3.63) is 23.3 Å². The Morgan fingerprint density at radius 1 is 1.36 bits per heavy atom. The van der Waals surface area contributed by atoms with Crippen LogP contribution in [-0.4, -0.2) is 41.6 Å². The number of anilines is 1. The smallest absolute Gasteiger partial charge is 0.336 e. The molecule has 3 rings (SSSR count). The minimum absolute atomic E-state index is 0.0885. The van der Waals surface area contributed by atoms with Crippen LogP contribution in [0.3, 0.4) is 0 Å². The summed E-state index contributed by atoms with van der Waals surface area (Å²) in [5.74, 6) is -0.758. The molecule has 1 heterocycles. The SMILES string of the molecule is CCC(=O)NCCN1C(=O)C2(CCC2)Oc2cc(C)c(C(=O)O)cc21. The lowest BCUT2D eigenvalue weighted by Gasteiger charge is -2.47. The van der Waals surface area contributed by atoms with Gasteiger partial charge in [-0.3, -0.25) is 9.59 Å². The second-order valence-corrected chi connectivity index (χ2v) is 6.55. The highest BCUT2D eigenvalue weighted by Crippen LogP contribution is 2.47. The highest BCUT2D eigenvalue weighted by atomic mass is 16.5. The molecule has 25 heavy (non-hydrogen) atoms. The molecule has 0 radical (unpaired) electrons. The van der Waals surface area contributed by atoms with E-state index in [9.17, 15) is 19.5 Å². The van der Waals surface area contributed by atoms with Crippen LogP contribution in [0.15, 0.2) is 12.1 Å². The Bertz CT molecular complexity index is 739. The fourth-order valence-electron chi connectivity index (χ4n) is 3.27. The van der Waals surface area contributed by atoms with Crippen LogP contribution in [-0.2, 0) is 9.59 Å². The first-order chi connectivity index (χ1) is 11.9. The molecule has 1 aliphatic heterocycles. The molecular weight excluding hydrogens is 324 g/mol. The molecule has 1 aromatic carbocycles. The number of benzene rings is 1. The number of carboxylic acid groups (broad SMARTS) is 1. The average molecular weight is 346 g/mol. The lowest BCUT2D eigenvalue weighted by molar-refractivity contribution is -0.143. The number of carbonyl (C=O) groups excluding carboxylic acids is 2. The van der Waals surface area contributed by atoms with Gasteiger partial charge in [0.05, 0.1) is 11.3 Å². The third-order valence-corrected chi connectivity index (χ3v) is 4.91. The lowest BCUT2D eigenvalue weighted by atomic mass is 9.77. The van der Waals surface area contributed by atoms with Crippen molar-refractivity contribution in [2.75, 3.05) is 18.0 Å². The third kappa shape index (κ3) is 2.94. The number of fused-ring (bicyclic) bond motifs is 1. The summed E-state index contributed by atoms with van der Waals surface area (Å²) in [5, 5.41) is 12.1. The van der Waals surface area contributed by atoms with Crippen LogP contribution in [0.4, 0.5) is 5.69 Å². The minimum Gasteiger partial charge on any atom is -0.478 e. The Labute approximate surface area is 146 Å². The molecule has 1 aromatic rings. The van der Waals surface area contributed by atoms with Gasteiger partial charge < -0.3 is 20.1 Å². The number of hydrogen-bond acceptors (Lipinski definition) is 4. The number of hydrogen-bond donors (Lipinski definition) is 2. The quantitative estimate of drug-likeness (QED) is 0.848. The third-order valence-electron chi connectivity index (χ3n) is 4.91. The Morgan fingerprint density at radius 2 is 2.08 bits per heavy atom. The molecule has 134 valence electrons. The van der Waals surface area contributed by atoms with E-state index < -0.39 is 11.6 Å². The summed E-state index contributed by atoms with van der Waals surface area (Å²) in [4.78, 5) is 37.4. The van der Waals surface area contributed by atoms with Gasteiger partial charge in [0.2, 0.25) is 5.91 Å². The number of aryl methyl sites for hydroxylation is 1. The minimum atomic E-state index is -1.05. The van der Waals surface area contributed by atoms with E-state index in [1.807, 2.05) is 0 Å². The first kappa shape index (κ1) is 17.3. The molecule has 2 amide bonds. The molecule has 1 spiro atoms. The Kier molecular flexibility index (Phi) is 4.41. The Morgan fingerprint density at radius 3 is 2.64 bits per heavy atom. The van der Waals surface area contributed by atoms with Gasteiger partial charge in [0.25, 0.3) is 5.91 Å². The molecule has 0 atom stereocenters. The maximum atomic E-state index is 12.9. The van der Waals surface area contributed by atoms with Crippen molar-refractivity contribution < 1.29 is 24.2 Å². The molecule has 1 aliphatic carbocycles. The number of rotatable bonds is 5. The Hall–Kier alpha value is -2.57. The summed E-state index contributed by atoms with van der Waals surface area (Å²) in [6.45, 7) is 4.06. The monoisotopic (exact) mass is 346 g/mol. The highest BCUT2D eigenvalue weighted by Gasteiger charge is 2.52. The maximum Gasteiger partial charge on any atom is 0.336 e. The van der Waals surface area contributed by atoms with Crippen molar-refractivity contribution in [2.45, 2.75) is 45.1 Å². The van der Waals surface area contributed by atoms with E-state index in [1.54, 1.807) is 24.8 Å². The maximum absolute atomic E-state index is 12.9. The van der Waals surface area contributed by atoms with Crippen molar-refractivity contribution in [3.8, 4) is 5.75 Å². The normalized spacial score (nSPS) is 17.5. The number of carboxylic acids is 1. The van der Waals surface area contributed by atoms with Gasteiger partial charge in [-0.1, -0.05) is 6.92 Å². The summed E-state index contributed by atoms with van der Waals surface area (Å²) in [6, 6.07) is 3.17. The molecule has 0 bridgehead atoms. The van der Waals surface area contributed by atoms with Gasteiger partial charge in [0.15, 0.2) is 5.60 Å². The van der Waals surface area contributed by atoms with Crippen LogP contribution in [0.25, 0.3) is 0 Å². The molecule has 1 fully saturated rings. The highest BCUT2D eigenvalue weighted by molar-refractivity contribution is 6.05. The summed E-state index contributed by atoms with van der Waals surface area (Å²) in [6.07, 6.45) is 2.61. The van der Waals surface area contributed by atoms with Crippen molar-refractivity contribution in [3.63, 3.8) is 0 Å². The summed E-state index contributed by atoms with van der Waals surface area (Å²) in [5.41, 5.74) is 0.353. The number of ether oxygens (including phenoxy) is 1. The summed E-state index contributed by atoms with van der Waals surface area (Å²) < 4.78 is 5.99. The van der Waals surface area contributed by atoms with Crippen LogP contribution < -0.4 is 15.0 Å². The molecule has 2 aliphatic rings. The number of amides is 2. The largest absolute Gasteiger partial charge is 0.478 e. The average Bonchev–Trinajstić information content (AvgIpc) is 2.54. The molecule has 7 heteroatoms. The zero-order chi connectivity index (χ0) is 18.2. The van der Waals surface area contributed by atoms with E-state index in [-0.39, 0.29) is 23.9 Å². The number of nitrogens with one attached hydrogen (secondary N) is 1. The van der Waals surface area contributed by atoms with Gasteiger partial charge in [-0.05, 0) is 43.9 Å². The van der Waals surface area contributed by atoms with E-state index in [4.69, 9.17) is 4.74 Å². The van der Waals surface area contributed by atoms with Gasteiger partial charge in [-0.15, -0.1) is 0 Å². The first-order valence-electron chi connectivity index (χ1n) is 8.53. The van der Waals surface area contributed by atoms with E-state index in [1.165, 1.54) is 6.07 Å². The second kappa shape index (κ2) is 6.38. The molecule has 0 saturated heterocycles. The van der Waals surface area contributed by atoms with Crippen LogP contribution in [0.5, 0.6) is 5.75 Å². The molecule has 0 aromatic heterocycles. The van der Waals surface area contributed by atoms with Crippen molar-refractivity contribution in [1.82, 2.24) is 5.32 Å². The molecule has 2 N–H and O–H groups in total. The second-order valence-electron chi connectivity index (χ2n) is 6.55. The Balaban J connectivity index is 1.94. The molecule has 1 saturated carbocycles. The van der Waals surface area contributed by atoms with E-state index in [2.05, 4.69) is 5.32 Å². The van der Waals surface area contributed by atoms with Gasteiger partial charge in [-0.2, -0.15) is 0 Å². The van der Waals surface area contributed by atoms with Gasteiger partial charge in [0.1, 0.15) is 5.75 Å². The van der Waals surface area contributed by atoms with Crippen LogP contribution in [0, 0.1) is 6.92 Å². The zero-order valence-corrected chi connectivity index (χ0v) is 14.4. The van der Waals surface area contributed by atoms with Crippen LogP contribution >= 0.6 is 0 Å². The topological polar surface area (TPSA) is 95.9 Å². The van der Waals surface area contributed by atoms with E-state index >= 15 is 0 Å². The molecule has 7 nitrogen and oxygen atoms in total. The van der Waals surface area contributed by atoms with Crippen molar-refractivity contribution >= 4 is 23.5 Å². The molecule has 0 unspecified atom stereocenters. The first-order valence-corrected chi connectivity index (χ1v) is 8.53. The van der Waals surface area contributed by atoms with E-state index in [0.29, 0.717) is 42.8 Å². The van der Waals surface area contributed by atoms with Gasteiger partial charge in [-0.25, -0.2) is 4.79 Å². The molecular formula is C18H22N2O5. The number of carbonyl (C=O) groups is 3. The zero-order valence-electron chi connectivity index (χ0n) is 14.4. The number of nitrogens with zero attached hydrogens (tertiary/aromatic N) is 1. The fourth-order valence-corrected chi connectivity index (χ4v) is 3.27. The summed E-state index contributed by atoms with van der Waals surface area (Å²) in [7, 11) is 0. The number of aromatic carboxylic acids is 1. The standard InChI is InChI=1S/C18H22N2O5/c1-3-15(21)19-7-8-20-13-10-12(16(22)23)11(2)9-14(13)25-18(17(20)24)5-4-6-18/h9-10H,3-8H2,1-2H3,(H,19,21)(H,22,23). The van der Waals surface area contributed by atoms with Crippen LogP contribution in [0.2, 0.25) is 0 Å². The predicted octanol–water partition coefficient (Wildman–Crippen LogP) is 1.87. The summed E-state index contributed by atoms with van der Waals surface area (Å²) >= 11 is 0. The van der Waals surface area contributed by atoms with Crippen LogP contribution in [0.1, 0.15) is 48.5 Å². The van der Waals surface area contributed by atoms with Crippen molar-refractivity contribution in [2.24, 2.45) is 0 Å². The predicted molar refractivity (Wildman–Crippen MR) is 91.0 cm³/mol.